The molecule has 0 aliphatic rings. The molecule has 0 radical (unpaired) electrons. The third-order valence-corrected chi connectivity index (χ3v) is 7.12. The van der Waals surface area contributed by atoms with Crippen LogP contribution in [0.2, 0.25) is 0 Å². The molecule has 5 heterocycles. The third-order valence-electron chi connectivity index (χ3n) is 6.11. The first-order valence-electron chi connectivity index (χ1n) is 10.6. The van der Waals surface area contributed by atoms with E-state index in [4.69, 9.17) is 4.98 Å². The number of nitrogens with one attached hydrogen (secondary N) is 1. The van der Waals surface area contributed by atoms with Gasteiger partial charge in [-0.1, -0.05) is 23.5 Å². The maximum Gasteiger partial charge on any atom is 0.333 e. The molecule has 6 aromatic rings. The standard InChI is InChI=1S/C24H18N8OS/c1-24(2,12-25)15-4-6-16(7-5-15)32-19-17(31(3)23(32)33)11-27-22-18(19)29-21(34-22)14-8-13-10-28-30-20(13)26-9-14/h4-11H,1-3H3,(H,26,28,30). The number of thiazole rings is 1. The molecule has 1 N–H and O–H groups in total. The highest BCUT2D eigenvalue weighted by Gasteiger charge is 2.22. The first-order valence-corrected chi connectivity index (χ1v) is 11.4. The number of benzene rings is 1. The largest absolute Gasteiger partial charge is 0.333 e. The Labute approximate surface area is 197 Å². The molecule has 0 saturated carbocycles. The fourth-order valence-electron chi connectivity index (χ4n) is 4.08. The van der Waals surface area contributed by atoms with E-state index < -0.39 is 5.41 Å². The van der Waals surface area contributed by atoms with Gasteiger partial charge in [-0.15, -0.1) is 0 Å². The van der Waals surface area contributed by atoms with Gasteiger partial charge in [0.1, 0.15) is 20.9 Å². The number of aromatic amines is 1. The van der Waals surface area contributed by atoms with Gasteiger partial charge in [0.25, 0.3) is 0 Å². The van der Waals surface area contributed by atoms with Crippen molar-refractivity contribution in [3.05, 3.63) is 65.0 Å². The van der Waals surface area contributed by atoms with Gasteiger partial charge < -0.3 is 0 Å². The van der Waals surface area contributed by atoms with Crippen molar-refractivity contribution in [1.29, 1.82) is 5.26 Å². The summed E-state index contributed by atoms with van der Waals surface area (Å²) in [5.41, 5.74) is 4.41. The zero-order valence-electron chi connectivity index (χ0n) is 18.6. The van der Waals surface area contributed by atoms with Crippen molar-refractivity contribution in [2.24, 2.45) is 7.05 Å². The van der Waals surface area contributed by atoms with E-state index in [0.717, 1.165) is 26.4 Å². The van der Waals surface area contributed by atoms with Crippen molar-refractivity contribution in [2.75, 3.05) is 0 Å². The van der Waals surface area contributed by atoms with Crippen LogP contribution in [-0.4, -0.2) is 34.3 Å². The number of aromatic nitrogens is 7. The summed E-state index contributed by atoms with van der Waals surface area (Å²) in [6, 6.07) is 11.8. The molecular weight excluding hydrogens is 448 g/mol. The van der Waals surface area contributed by atoms with E-state index in [1.54, 1.807) is 34.8 Å². The maximum absolute atomic E-state index is 13.3. The molecule has 9 nitrogen and oxygen atoms in total. The van der Waals surface area contributed by atoms with Gasteiger partial charge in [-0.25, -0.2) is 19.7 Å². The van der Waals surface area contributed by atoms with Gasteiger partial charge in [-0.3, -0.25) is 14.2 Å². The molecular formula is C24H18N8OS. The van der Waals surface area contributed by atoms with Crippen LogP contribution in [0.25, 0.3) is 48.7 Å². The molecule has 0 amide bonds. The second-order valence-electron chi connectivity index (χ2n) is 8.66. The minimum Gasteiger partial charge on any atom is -0.293 e. The fourth-order valence-corrected chi connectivity index (χ4v) is 4.97. The Bertz CT molecular complexity index is 1830. The Balaban J connectivity index is 1.58. The second-order valence-corrected chi connectivity index (χ2v) is 9.63. The number of imidazole rings is 1. The number of aryl methyl sites for hydroxylation is 1. The Morgan fingerprint density at radius 2 is 1.91 bits per heavy atom. The zero-order chi connectivity index (χ0) is 23.6. The van der Waals surface area contributed by atoms with Gasteiger partial charge in [0.2, 0.25) is 0 Å². The van der Waals surface area contributed by atoms with Crippen LogP contribution in [0.3, 0.4) is 0 Å². The summed E-state index contributed by atoms with van der Waals surface area (Å²) in [7, 11) is 1.73. The Morgan fingerprint density at radius 1 is 1.12 bits per heavy atom. The fraction of sp³-hybridized carbons (Fsp3) is 0.167. The number of rotatable bonds is 3. The number of H-pyrrole nitrogens is 1. The maximum atomic E-state index is 13.3. The van der Waals surface area contributed by atoms with Crippen molar-refractivity contribution < 1.29 is 0 Å². The lowest BCUT2D eigenvalue weighted by atomic mass is 9.86. The Morgan fingerprint density at radius 3 is 2.68 bits per heavy atom. The highest BCUT2D eigenvalue weighted by atomic mass is 32.1. The number of pyridine rings is 2. The van der Waals surface area contributed by atoms with Crippen molar-refractivity contribution >= 4 is 43.8 Å². The van der Waals surface area contributed by atoms with Crippen LogP contribution >= 0.6 is 11.3 Å². The predicted octanol–water partition coefficient (Wildman–Crippen LogP) is 4.07. The summed E-state index contributed by atoms with van der Waals surface area (Å²) >= 11 is 1.45. The SMILES string of the molecule is Cn1c(=O)n(-c2ccc(C(C)(C)C#N)cc2)c2c3nc(-c4cnc5[nH]ncc5c4)sc3ncc21. The molecule has 0 fully saturated rings. The molecule has 0 saturated heterocycles. The van der Waals surface area contributed by atoms with Crippen molar-refractivity contribution in [3.63, 3.8) is 0 Å². The van der Waals surface area contributed by atoms with Gasteiger partial charge in [-0.05, 0) is 37.6 Å². The van der Waals surface area contributed by atoms with E-state index in [0.29, 0.717) is 27.9 Å². The lowest BCUT2D eigenvalue weighted by molar-refractivity contribution is 0.686. The van der Waals surface area contributed by atoms with Crippen molar-refractivity contribution in [1.82, 2.24) is 34.3 Å². The molecule has 0 unspecified atom stereocenters. The van der Waals surface area contributed by atoms with Crippen molar-refractivity contribution in [3.8, 4) is 22.3 Å². The van der Waals surface area contributed by atoms with Crippen LogP contribution in [-0.2, 0) is 12.5 Å². The van der Waals surface area contributed by atoms with E-state index in [1.807, 2.05) is 44.2 Å². The summed E-state index contributed by atoms with van der Waals surface area (Å²) in [6.07, 6.45) is 5.19. The highest BCUT2D eigenvalue weighted by molar-refractivity contribution is 7.21. The van der Waals surface area contributed by atoms with E-state index >= 15 is 0 Å². The quantitative estimate of drug-likeness (QED) is 0.420. The summed E-state index contributed by atoms with van der Waals surface area (Å²) in [4.78, 5) is 27.9. The van der Waals surface area contributed by atoms with Gasteiger partial charge in [0.15, 0.2) is 5.65 Å². The molecule has 166 valence electrons. The van der Waals surface area contributed by atoms with Crippen LogP contribution in [0.4, 0.5) is 0 Å². The van der Waals surface area contributed by atoms with Crippen LogP contribution in [0.1, 0.15) is 19.4 Å². The molecule has 1 aromatic carbocycles. The van der Waals surface area contributed by atoms with E-state index in [-0.39, 0.29) is 5.69 Å². The Hall–Kier alpha value is -4.36. The van der Waals surface area contributed by atoms with Crippen LogP contribution < -0.4 is 5.69 Å². The molecule has 5 aromatic heterocycles. The summed E-state index contributed by atoms with van der Waals surface area (Å²) in [6.45, 7) is 3.74. The Kier molecular flexibility index (Phi) is 4.21. The first-order chi connectivity index (χ1) is 16.4. The monoisotopic (exact) mass is 466 g/mol. The number of hydrogen-bond acceptors (Lipinski definition) is 7. The molecule has 6 rings (SSSR count). The van der Waals surface area contributed by atoms with Crippen LogP contribution in [0.15, 0.2) is 53.7 Å². The number of hydrogen-bond donors (Lipinski definition) is 1. The van der Waals surface area contributed by atoms with Gasteiger partial charge in [0, 0.05) is 24.2 Å². The number of nitrogens with zero attached hydrogens (tertiary/aromatic N) is 7. The lowest BCUT2D eigenvalue weighted by Crippen LogP contribution is -2.21. The topological polar surface area (TPSA) is 118 Å². The summed E-state index contributed by atoms with van der Waals surface area (Å²) < 4.78 is 3.23. The lowest BCUT2D eigenvalue weighted by Gasteiger charge is -2.16. The van der Waals surface area contributed by atoms with E-state index in [1.165, 1.54) is 11.3 Å². The van der Waals surface area contributed by atoms with E-state index in [9.17, 15) is 10.1 Å². The second kappa shape index (κ2) is 7.07. The van der Waals surface area contributed by atoms with Gasteiger partial charge >= 0.3 is 5.69 Å². The van der Waals surface area contributed by atoms with Gasteiger partial charge in [0.05, 0.1) is 35.1 Å². The zero-order valence-corrected chi connectivity index (χ0v) is 19.4. The number of nitriles is 1. The van der Waals surface area contributed by atoms with Crippen LogP contribution in [0, 0.1) is 11.3 Å². The molecule has 10 heteroatoms. The molecule has 0 aliphatic heterocycles. The minimum atomic E-state index is -0.618. The normalized spacial score (nSPS) is 12.1. The third kappa shape index (κ3) is 2.87. The smallest absolute Gasteiger partial charge is 0.293 e. The number of fused-ring (bicyclic) bond motifs is 4. The summed E-state index contributed by atoms with van der Waals surface area (Å²) in [5, 5.41) is 18.0. The summed E-state index contributed by atoms with van der Waals surface area (Å²) in [5.74, 6) is 0. The minimum absolute atomic E-state index is 0.187. The predicted molar refractivity (Wildman–Crippen MR) is 131 cm³/mol. The highest BCUT2D eigenvalue weighted by Crippen LogP contribution is 2.34. The first kappa shape index (κ1) is 20.3. The molecule has 0 spiro atoms. The molecule has 0 aliphatic carbocycles. The average Bonchev–Trinajstić information content (AvgIpc) is 3.55. The molecule has 34 heavy (non-hydrogen) atoms. The van der Waals surface area contributed by atoms with Crippen LogP contribution in [0.5, 0.6) is 0 Å². The van der Waals surface area contributed by atoms with E-state index in [2.05, 4.69) is 26.2 Å². The molecule has 0 bridgehead atoms. The average molecular weight is 467 g/mol. The van der Waals surface area contributed by atoms with Crippen molar-refractivity contribution in [2.45, 2.75) is 19.3 Å². The van der Waals surface area contributed by atoms with Gasteiger partial charge in [-0.2, -0.15) is 10.4 Å². The molecule has 0 atom stereocenters.